The van der Waals surface area contributed by atoms with Crippen molar-refractivity contribution in [1.29, 1.82) is 0 Å². The van der Waals surface area contributed by atoms with Crippen molar-refractivity contribution in [1.82, 2.24) is 0 Å². The maximum Gasteiger partial charge on any atom is 0.412 e. The maximum atomic E-state index is 12.4. The van der Waals surface area contributed by atoms with Gasteiger partial charge in [0.05, 0.1) is 0 Å². The summed E-state index contributed by atoms with van der Waals surface area (Å²) in [5.74, 6) is 0.268. The molecule has 1 aliphatic rings. The molecule has 2 aromatic rings. The zero-order valence-corrected chi connectivity index (χ0v) is 15.5. The molecule has 1 aliphatic heterocycles. The number of benzene rings is 2. The van der Waals surface area contributed by atoms with E-state index < -0.39 is 18.2 Å². The molecule has 1 amide bonds. The summed E-state index contributed by atoms with van der Waals surface area (Å²) in [4.78, 5) is 22.9. The molecular weight excluding hydrogens is 378 g/mol. The van der Waals surface area contributed by atoms with Crippen LogP contribution in [0.1, 0.15) is 30.9 Å². The Hall–Kier alpha value is -3.68. The summed E-state index contributed by atoms with van der Waals surface area (Å²) in [6.07, 6.45) is 3.10. The van der Waals surface area contributed by atoms with Gasteiger partial charge in [-0.05, 0) is 49.1 Å². The van der Waals surface area contributed by atoms with Gasteiger partial charge < -0.3 is 24.4 Å². The van der Waals surface area contributed by atoms with Crippen LogP contribution >= 0.6 is 0 Å². The second-order valence-electron chi connectivity index (χ2n) is 6.35. The Balaban J connectivity index is 1.62. The highest BCUT2D eigenvalue weighted by molar-refractivity contribution is 5.85. The molecular formula is C21H21NO7. The first-order valence-corrected chi connectivity index (χ1v) is 9.07. The van der Waals surface area contributed by atoms with Crippen molar-refractivity contribution in [3.05, 3.63) is 60.2 Å². The van der Waals surface area contributed by atoms with Crippen LogP contribution in [0.2, 0.25) is 0 Å². The number of carboxylic acids is 1. The molecule has 0 saturated carbocycles. The Labute approximate surface area is 167 Å². The molecule has 0 aliphatic carbocycles. The molecule has 3 N–H and O–H groups in total. The summed E-state index contributed by atoms with van der Waals surface area (Å²) in [7, 11) is 0. The molecule has 152 valence electrons. The number of nitrogens with one attached hydrogen (secondary N) is 1. The molecule has 8 heteroatoms. The van der Waals surface area contributed by atoms with E-state index in [0.29, 0.717) is 36.4 Å². The largest absolute Gasteiger partial charge is 0.508 e. The lowest BCUT2D eigenvalue weighted by Crippen LogP contribution is -2.17. The van der Waals surface area contributed by atoms with E-state index >= 15 is 0 Å². The Morgan fingerprint density at radius 1 is 1.14 bits per heavy atom. The van der Waals surface area contributed by atoms with E-state index in [4.69, 9.17) is 19.3 Å². The van der Waals surface area contributed by atoms with Gasteiger partial charge in [0, 0.05) is 17.8 Å². The number of aliphatic carboxylic acids is 1. The lowest BCUT2D eigenvalue weighted by atomic mass is 10.0. The molecule has 0 radical (unpaired) electrons. The van der Waals surface area contributed by atoms with Gasteiger partial charge in [0.2, 0.25) is 6.79 Å². The number of ether oxygens (including phenoxy) is 3. The number of phenols is 1. The number of phenolic OH excluding ortho intramolecular Hbond substituents is 1. The predicted molar refractivity (Wildman–Crippen MR) is 104 cm³/mol. The van der Waals surface area contributed by atoms with Crippen LogP contribution in [0.4, 0.5) is 10.5 Å². The molecule has 0 spiro atoms. The third-order valence-electron chi connectivity index (χ3n) is 4.23. The first kappa shape index (κ1) is 20.1. The van der Waals surface area contributed by atoms with Crippen LogP contribution in [0.15, 0.2) is 54.6 Å². The van der Waals surface area contributed by atoms with Crippen molar-refractivity contribution < 1.29 is 34.0 Å². The van der Waals surface area contributed by atoms with Crippen molar-refractivity contribution in [2.45, 2.75) is 25.4 Å². The molecule has 8 nitrogen and oxygen atoms in total. The topological polar surface area (TPSA) is 114 Å². The lowest BCUT2D eigenvalue weighted by molar-refractivity contribution is -0.131. The van der Waals surface area contributed by atoms with Crippen molar-refractivity contribution in [2.24, 2.45) is 0 Å². The highest BCUT2D eigenvalue weighted by atomic mass is 16.7. The van der Waals surface area contributed by atoms with Gasteiger partial charge >= 0.3 is 12.1 Å². The van der Waals surface area contributed by atoms with Gasteiger partial charge in [0.1, 0.15) is 11.9 Å². The third kappa shape index (κ3) is 5.90. The lowest BCUT2D eigenvalue weighted by Gasteiger charge is -2.19. The third-order valence-corrected chi connectivity index (χ3v) is 4.23. The molecule has 0 aromatic heterocycles. The van der Waals surface area contributed by atoms with E-state index in [2.05, 4.69) is 5.32 Å². The monoisotopic (exact) mass is 399 g/mol. The Kier molecular flexibility index (Phi) is 6.57. The van der Waals surface area contributed by atoms with Crippen LogP contribution in [0, 0.1) is 0 Å². The number of unbranched alkanes of at least 4 members (excludes halogenated alkanes) is 1. The normalized spacial score (nSPS) is 13.2. The molecule has 3 rings (SSSR count). The average molecular weight is 399 g/mol. The Morgan fingerprint density at radius 2 is 1.90 bits per heavy atom. The number of carbonyl (C=O) groups excluding carboxylic acids is 1. The number of hydrogen-bond acceptors (Lipinski definition) is 6. The van der Waals surface area contributed by atoms with Crippen molar-refractivity contribution in [3.8, 4) is 17.2 Å². The van der Waals surface area contributed by atoms with Crippen LogP contribution < -0.4 is 14.8 Å². The van der Waals surface area contributed by atoms with Crippen molar-refractivity contribution in [2.75, 3.05) is 12.1 Å². The number of hydrogen-bond donors (Lipinski definition) is 3. The van der Waals surface area contributed by atoms with E-state index in [1.54, 1.807) is 36.4 Å². The van der Waals surface area contributed by atoms with Gasteiger partial charge in [0.25, 0.3) is 0 Å². The molecule has 0 unspecified atom stereocenters. The van der Waals surface area contributed by atoms with Gasteiger partial charge in [-0.1, -0.05) is 18.2 Å². The minimum absolute atomic E-state index is 0.113. The van der Waals surface area contributed by atoms with Crippen LogP contribution in [0.25, 0.3) is 0 Å². The second-order valence-corrected chi connectivity index (χ2v) is 6.35. The van der Waals surface area contributed by atoms with Crippen LogP contribution in [-0.2, 0) is 9.53 Å². The fourth-order valence-electron chi connectivity index (χ4n) is 2.84. The standard InChI is InChI=1S/C21H21NO7/c23-16-9-6-14(7-10-16)17(4-2-1-3-5-20(24)25)29-21(26)22-15-8-11-18-19(12-15)28-13-27-18/h3,5-12,17,23H,1-2,4,13H2,(H,22,26)(H,24,25)/b5-3+/t17-/m1/s1. The number of amides is 1. The summed E-state index contributed by atoms with van der Waals surface area (Å²) in [6, 6.07) is 11.4. The van der Waals surface area contributed by atoms with Gasteiger partial charge in [-0.15, -0.1) is 0 Å². The number of carboxylic acid groups (broad SMARTS) is 1. The molecule has 1 heterocycles. The number of rotatable bonds is 8. The van der Waals surface area contributed by atoms with Gasteiger partial charge in [0.15, 0.2) is 11.5 Å². The van der Waals surface area contributed by atoms with Crippen molar-refractivity contribution in [3.63, 3.8) is 0 Å². The first-order valence-electron chi connectivity index (χ1n) is 9.07. The molecule has 29 heavy (non-hydrogen) atoms. The van der Waals surface area contributed by atoms with E-state index in [9.17, 15) is 14.7 Å². The fourth-order valence-corrected chi connectivity index (χ4v) is 2.84. The SMILES string of the molecule is O=C(O)/C=C/CCC[C@@H](OC(=O)Nc1ccc2c(c1)OCO2)c1ccc(O)cc1. The van der Waals surface area contributed by atoms with Crippen LogP contribution in [0.5, 0.6) is 17.2 Å². The highest BCUT2D eigenvalue weighted by Gasteiger charge is 2.18. The number of anilines is 1. The maximum absolute atomic E-state index is 12.4. The van der Waals surface area contributed by atoms with Gasteiger partial charge in [-0.3, -0.25) is 5.32 Å². The van der Waals surface area contributed by atoms with E-state index in [0.717, 1.165) is 11.6 Å². The summed E-state index contributed by atoms with van der Waals surface area (Å²) in [6.45, 7) is 0.141. The van der Waals surface area contributed by atoms with Gasteiger partial charge in [-0.25, -0.2) is 9.59 Å². The minimum atomic E-state index is -1.00. The fraction of sp³-hybridized carbons (Fsp3) is 0.238. The Bertz CT molecular complexity index is 892. The molecule has 0 saturated heterocycles. The number of aromatic hydroxyl groups is 1. The number of carbonyl (C=O) groups is 2. The minimum Gasteiger partial charge on any atom is -0.508 e. The van der Waals surface area contributed by atoms with E-state index in [1.165, 1.54) is 12.1 Å². The molecule has 0 fully saturated rings. The van der Waals surface area contributed by atoms with Gasteiger partial charge in [-0.2, -0.15) is 0 Å². The summed E-state index contributed by atoms with van der Waals surface area (Å²) in [5.41, 5.74) is 1.24. The quantitative estimate of drug-likeness (QED) is 0.450. The average Bonchev–Trinajstić information content (AvgIpc) is 3.15. The zero-order chi connectivity index (χ0) is 20.6. The second kappa shape index (κ2) is 9.50. The molecule has 1 atom stereocenters. The summed E-state index contributed by atoms with van der Waals surface area (Å²) in [5, 5.41) is 20.8. The summed E-state index contributed by atoms with van der Waals surface area (Å²) >= 11 is 0. The van der Waals surface area contributed by atoms with Crippen molar-refractivity contribution >= 4 is 17.7 Å². The molecule has 2 aromatic carbocycles. The zero-order valence-electron chi connectivity index (χ0n) is 15.5. The predicted octanol–water partition coefficient (Wildman–Crippen LogP) is 4.22. The summed E-state index contributed by atoms with van der Waals surface area (Å²) < 4.78 is 16.1. The number of fused-ring (bicyclic) bond motifs is 1. The van der Waals surface area contributed by atoms with Crippen LogP contribution in [0.3, 0.4) is 0 Å². The van der Waals surface area contributed by atoms with E-state index in [1.807, 2.05) is 0 Å². The smallest absolute Gasteiger partial charge is 0.412 e. The van der Waals surface area contributed by atoms with E-state index in [-0.39, 0.29) is 12.5 Å². The molecule has 0 bridgehead atoms. The number of allylic oxidation sites excluding steroid dienone is 1. The van der Waals surface area contributed by atoms with Crippen LogP contribution in [-0.4, -0.2) is 29.1 Å². The highest BCUT2D eigenvalue weighted by Crippen LogP contribution is 2.34. The Morgan fingerprint density at radius 3 is 2.66 bits per heavy atom. The first-order chi connectivity index (χ1) is 14.0.